The second-order valence-corrected chi connectivity index (χ2v) is 6.58. The number of ether oxygens (including phenoxy) is 1. The molecule has 0 N–H and O–H groups in total. The van der Waals surface area contributed by atoms with Crippen LogP contribution in [0.2, 0.25) is 5.02 Å². The van der Waals surface area contributed by atoms with E-state index in [1.807, 2.05) is 12.1 Å². The van der Waals surface area contributed by atoms with Crippen LogP contribution in [0.3, 0.4) is 0 Å². The summed E-state index contributed by atoms with van der Waals surface area (Å²) in [5, 5.41) is 0.543. The molecule has 23 heavy (non-hydrogen) atoms. The van der Waals surface area contributed by atoms with Crippen molar-refractivity contribution >= 4 is 44.9 Å². The number of nitrogens with zero attached hydrogens (tertiary/aromatic N) is 1. The van der Waals surface area contributed by atoms with Crippen LogP contribution in [0, 0.1) is 0 Å². The molecule has 0 unspecified atom stereocenters. The number of hydrogen-bond donors (Lipinski definition) is 0. The molecule has 1 heterocycles. The topological polar surface area (TPSA) is 46.6 Å². The Balaban J connectivity index is 1.87. The Morgan fingerprint density at radius 3 is 2.83 bits per heavy atom. The van der Waals surface area contributed by atoms with E-state index in [1.165, 1.54) is 4.90 Å². The van der Waals surface area contributed by atoms with E-state index in [2.05, 4.69) is 15.9 Å². The van der Waals surface area contributed by atoms with Crippen LogP contribution < -0.4 is 9.64 Å². The van der Waals surface area contributed by atoms with Gasteiger partial charge >= 0.3 is 0 Å². The van der Waals surface area contributed by atoms with Gasteiger partial charge in [-0.2, -0.15) is 0 Å². The fourth-order valence-corrected chi connectivity index (χ4v) is 3.13. The molecule has 118 valence electrons. The van der Waals surface area contributed by atoms with Crippen LogP contribution in [0.1, 0.15) is 15.9 Å². The number of ketones is 1. The number of rotatable bonds is 3. The van der Waals surface area contributed by atoms with Gasteiger partial charge in [-0.3, -0.25) is 9.59 Å². The van der Waals surface area contributed by atoms with Crippen molar-refractivity contribution in [3.05, 3.63) is 57.0 Å². The normalized spacial score (nSPS) is 13.5. The first-order valence-corrected chi connectivity index (χ1v) is 8.13. The second kappa shape index (κ2) is 6.34. The predicted octanol–water partition coefficient (Wildman–Crippen LogP) is 3.88. The van der Waals surface area contributed by atoms with Gasteiger partial charge in [-0.05, 0) is 35.9 Å². The maximum Gasteiger partial charge on any atom is 0.264 e. The van der Waals surface area contributed by atoms with Crippen LogP contribution in [0.4, 0.5) is 5.69 Å². The molecule has 0 spiro atoms. The van der Waals surface area contributed by atoms with Gasteiger partial charge in [-0.15, -0.1) is 0 Å². The highest BCUT2D eigenvalue weighted by Crippen LogP contribution is 2.32. The summed E-state index contributed by atoms with van der Waals surface area (Å²) in [4.78, 5) is 25.7. The Labute approximate surface area is 147 Å². The Morgan fingerprint density at radius 1 is 1.30 bits per heavy atom. The van der Waals surface area contributed by atoms with E-state index in [1.54, 1.807) is 31.3 Å². The van der Waals surface area contributed by atoms with Crippen LogP contribution in [-0.2, 0) is 11.2 Å². The third-order valence-electron chi connectivity index (χ3n) is 3.73. The Kier molecular flexibility index (Phi) is 4.41. The molecule has 0 aliphatic carbocycles. The smallest absolute Gasteiger partial charge is 0.264 e. The summed E-state index contributed by atoms with van der Waals surface area (Å²) in [5.74, 6) is 0.395. The van der Waals surface area contributed by atoms with E-state index in [-0.39, 0.29) is 24.7 Å². The van der Waals surface area contributed by atoms with E-state index in [0.29, 0.717) is 22.0 Å². The largest absolute Gasteiger partial charge is 0.482 e. The van der Waals surface area contributed by atoms with Gasteiger partial charge in [0.1, 0.15) is 5.75 Å². The number of anilines is 1. The van der Waals surface area contributed by atoms with Crippen molar-refractivity contribution in [1.29, 1.82) is 0 Å². The van der Waals surface area contributed by atoms with Crippen molar-refractivity contribution in [2.75, 3.05) is 18.6 Å². The number of halogens is 2. The van der Waals surface area contributed by atoms with Gasteiger partial charge in [0.15, 0.2) is 12.4 Å². The van der Waals surface area contributed by atoms with Crippen LogP contribution in [0.25, 0.3) is 0 Å². The minimum Gasteiger partial charge on any atom is -0.482 e. The molecule has 6 heteroatoms. The lowest BCUT2D eigenvalue weighted by molar-refractivity contribution is -0.120. The van der Waals surface area contributed by atoms with E-state index in [9.17, 15) is 9.59 Å². The molecule has 1 aliphatic heterocycles. The predicted molar refractivity (Wildman–Crippen MR) is 92.5 cm³/mol. The number of amides is 1. The summed E-state index contributed by atoms with van der Waals surface area (Å²) in [7, 11) is 1.67. The van der Waals surface area contributed by atoms with Gasteiger partial charge in [0, 0.05) is 28.5 Å². The first-order chi connectivity index (χ1) is 11.0. The number of fused-ring (bicyclic) bond motifs is 1. The highest BCUT2D eigenvalue weighted by molar-refractivity contribution is 9.10. The lowest BCUT2D eigenvalue weighted by Crippen LogP contribution is -2.35. The van der Waals surface area contributed by atoms with Gasteiger partial charge in [0.2, 0.25) is 0 Å². The first-order valence-electron chi connectivity index (χ1n) is 6.96. The summed E-state index contributed by atoms with van der Waals surface area (Å²) in [6.07, 6.45) is 0.198. The summed E-state index contributed by atoms with van der Waals surface area (Å²) in [5.41, 5.74) is 1.89. The molecule has 2 aromatic carbocycles. The van der Waals surface area contributed by atoms with Gasteiger partial charge < -0.3 is 9.64 Å². The number of carbonyl (C=O) groups excluding carboxylic acids is 2. The molecular weight excluding hydrogens is 382 g/mol. The van der Waals surface area contributed by atoms with Crippen molar-refractivity contribution in [3.63, 3.8) is 0 Å². The van der Waals surface area contributed by atoms with Crippen LogP contribution >= 0.6 is 27.5 Å². The first kappa shape index (κ1) is 16.0. The average molecular weight is 395 g/mol. The SMILES string of the molecule is CN1C(=O)COc2ccc(C(=O)Cc3ccc(Br)cc3Cl)cc21. The van der Waals surface area contributed by atoms with E-state index in [0.717, 1.165) is 10.0 Å². The lowest BCUT2D eigenvalue weighted by atomic mass is 10.0. The third-order valence-corrected chi connectivity index (χ3v) is 4.58. The molecule has 0 saturated carbocycles. The molecule has 0 aromatic heterocycles. The molecule has 0 saturated heterocycles. The fourth-order valence-electron chi connectivity index (χ4n) is 2.39. The number of hydrogen-bond acceptors (Lipinski definition) is 3. The van der Waals surface area contributed by atoms with Gasteiger partial charge in [-0.1, -0.05) is 33.6 Å². The van der Waals surface area contributed by atoms with Crippen LogP contribution in [-0.4, -0.2) is 25.3 Å². The summed E-state index contributed by atoms with van der Waals surface area (Å²) >= 11 is 9.50. The van der Waals surface area contributed by atoms with Gasteiger partial charge in [-0.25, -0.2) is 0 Å². The monoisotopic (exact) mass is 393 g/mol. The molecule has 4 nitrogen and oxygen atoms in total. The summed E-state index contributed by atoms with van der Waals surface area (Å²) in [6, 6.07) is 10.5. The quantitative estimate of drug-likeness (QED) is 0.742. The zero-order valence-electron chi connectivity index (χ0n) is 12.3. The third kappa shape index (κ3) is 3.26. The molecule has 0 radical (unpaired) electrons. The Bertz CT molecular complexity index is 806. The maximum atomic E-state index is 12.5. The number of likely N-dealkylation sites (N-methyl/N-ethyl adjacent to an activating group) is 1. The molecule has 2 aromatic rings. The highest BCUT2D eigenvalue weighted by atomic mass is 79.9. The van der Waals surface area contributed by atoms with Crippen molar-refractivity contribution in [2.24, 2.45) is 0 Å². The molecular formula is C17H13BrClNO3. The second-order valence-electron chi connectivity index (χ2n) is 5.26. The number of carbonyl (C=O) groups is 2. The van der Waals surface area contributed by atoms with Crippen LogP contribution in [0.15, 0.2) is 40.9 Å². The fraction of sp³-hybridized carbons (Fsp3) is 0.176. The minimum absolute atomic E-state index is 0.0191. The highest BCUT2D eigenvalue weighted by Gasteiger charge is 2.23. The standard InChI is InChI=1S/C17H13BrClNO3/c1-20-14-6-11(3-5-16(14)23-9-17(20)22)15(21)7-10-2-4-12(18)8-13(10)19/h2-6,8H,7,9H2,1H3. The van der Waals surface area contributed by atoms with E-state index < -0.39 is 0 Å². The molecule has 0 fully saturated rings. The average Bonchev–Trinajstić information content (AvgIpc) is 2.53. The summed E-state index contributed by atoms with van der Waals surface area (Å²) in [6.45, 7) is 0.0191. The maximum absolute atomic E-state index is 12.5. The number of Topliss-reactive ketones (excluding diaryl/α,β-unsaturated/α-hetero) is 1. The summed E-state index contributed by atoms with van der Waals surface area (Å²) < 4.78 is 6.23. The Hall–Kier alpha value is -1.85. The molecule has 1 amide bonds. The van der Waals surface area contributed by atoms with Crippen molar-refractivity contribution in [2.45, 2.75) is 6.42 Å². The van der Waals surface area contributed by atoms with Crippen molar-refractivity contribution in [3.8, 4) is 5.75 Å². The van der Waals surface area contributed by atoms with Gasteiger partial charge in [0.25, 0.3) is 5.91 Å². The van der Waals surface area contributed by atoms with Crippen molar-refractivity contribution in [1.82, 2.24) is 0 Å². The van der Waals surface area contributed by atoms with E-state index >= 15 is 0 Å². The van der Waals surface area contributed by atoms with E-state index in [4.69, 9.17) is 16.3 Å². The zero-order chi connectivity index (χ0) is 16.6. The zero-order valence-corrected chi connectivity index (χ0v) is 14.6. The Morgan fingerprint density at radius 2 is 2.09 bits per heavy atom. The van der Waals surface area contributed by atoms with Crippen molar-refractivity contribution < 1.29 is 14.3 Å². The molecule has 0 atom stereocenters. The molecule has 3 rings (SSSR count). The minimum atomic E-state index is -0.141. The molecule has 0 bridgehead atoms. The number of benzene rings is 2. The van der Waals surface area contributed by atoms with Gasteiger partial charge in [0.05, 0.1) is 5.69 Å². The lowest BCUT2D eigenvalue weighted by Gasteiger charge is -2.26. The van der Waals surface area contributed by atoms with Crippen LogP contribution in [0.5, 0.6) is 5.75 Å². The molecule has 1 aliphatic rings.